The van der Waals surface area contributed by atoms with Gasteiger partial charge in [-0.15, -0.1) is 0 Å². The first-order valence-corrected chi connectivity index (χ1v) is 5.74. The van der Waals surface area contributed by atoms with Crippen molar-refractivity contribution in [3.63, 3.8) is 0 Å². The van der Waals surface area contributed by atoms with Crippen LogP contribution in [0.1, 0.15) is 18.9 Å². The van der Waals surface area contributed by atoms with E-state index in [4.69, 9.17) is 9.84 Å². The van der Waals surface area contributed by atoms with Crippen LogP contribution in [0.15, 0.2) is 42.2 Å². The number of carboxylic acids is 1. The van der Waals surface area contributed by atoms with Gasteiger partial charge in [-0.2, -0.15) is 0 Å². The average molecular weight is 246 g/mol. The Bertz CT molecular complexity index is 504. The predicted molar refractivity (Wildman–Crippen MR) is 65.0 cm³/mol. The number of rotatable bonds is 4. The lowest BCUT2D eigenvalue weighted by atomic mass is 9.93. The normalized spacial score (nSPS) is 22.5. The highest BCUT2D eigenvalue weighted by Gasteiger charge is 2.41. The van der Waals surface area contributed by atoms with E-state index in [1.54, 1.807) is 6.92 Å². The van der Waals surface area contributed by atoms with Crippen molar-refractivity contribution in [3.8, 4) is 0 Å². The van der Waals surface area contributed by atoms with Gasteiger partial charge in [0.05, 0.1) is 0 Å². The number of carbonyl (C=O) groups excluding carboxylic acids is 1. The standard InChI is InChI=1S/C14H14O4/c1-14(8-7-10-5-3-2-4-6-10)12(15)9-11(18-14)13(16)17/h2-6,9H,7-8H2,1H3,(H,16,17). The lowest BCUT2D eigenvalue weighted by Crippen LogP contribution is -2.33. The number of carbonyl (C=O) groups is 2. The summed E-state index contributed by atoms with van der Waals surface area (Å²) in [6, 6.07) is 9.71. The van der Waals surface area contributed by atoms with E-state index < -0.39 is 11.6 Å². The number of ether oxygens (including phenoxy) is 1. The molecular formula is C14H14O4. The molecule has 18 heavy (non-hydrogen) atoms. The molecule has 1 aliphatic heterocycles. The van der Waals surface area contributed by atoms with E-state index in [0.717, 1.165) is 11.6 Å². The first kappa shape index (κ1) is 12.4. The molecular weight excluding hydrogens is 232 g/mol. The Balaban J connectivity index is 2.02. The first-order valence-electron chi connectivity index (χ1n) is 5.74. The van der Waals surface area contributed by atoms with Crippen molar-refractivity contribution in [1.82, 2.24) is 0 Å². The molecule has 1 aromatic rings. The Morgan fingerprint density at radius 1 is 1.33 bits per heavy atom. The highest BCUT2D eigenvalue weighted by atomic mass is 16.5. The van der Waals surface area contributed by atoms with Crippen LogP contribution >= 0.6 is 0 Å². The number of hydrogen-bond donors (Lipinski definition) is 1. The third kappa shape index (κ3) is 2.42. The van der Waals surface area contributed by atoms with Crippen molar-refractivity contribution in [3.05, 3.63) is 47.7 Å². The van der Waals surface area contributed by atoms with Crippen LogP contribution in [0.2, 0.25) is 0 Å². The van der Waals surface area contributed by atoms with Gasteiger partial charge < -0.3 is 9.84 Å². The smallest absolute Gasteiger partial charge is 0.371 e. The van der Waals surface area contributed by atoms with Crippen molar-refractivity contribution in [2.24, 2.45) is 0 Å². The molecule has 0 bridgehead atoms. The SMILES string of the molecule is CC1(CCc2ccccc2)OC(C(=O)O)=CC1=O. The van der Waals surface area contributed by atoms with Crippen LogP contribution in [0.25, 0.3) is 0 Å². The molecule has 2 rings (SSSR count). The molecule has 0 aromatic heterocycles. The number of ketones is 1. The topological polar surface area (TPSA) is 63.6 Å². The monoisotopic (exact) mass is 246 g/mol. The van der Waals surface area contributed by atoms with Gasteiger partial charge in [0.25, 0.3) is 0 Å². The van der Waals surface area contributed by atoms with Crippen LogP contribution in [0.4, 0.5) is 0 Å². The fraction of sp³-hybridized carbons (Fsp3) is 0.286. The third-order valence-corrected chi connectivity index (χ3v) is 3.06. The Morgan fingerprint density at radius 3 is 2.56 bits per heavy atom. The Morgan fingerprint density at radius 2 is 2.00 bits per heavy atom. The van der Waals surface area contributed by atoms with Crippen molar-refractivity contribution in [1.29, 1.82) is 0 Å². The van der Waals surface area contributed by atoms with Crippen molar-refractivity contribution < 1.29 is 19.4 Å². The molecule has 1 aliphatic rings. The maximum atomic E-state index is 11.8. The summed E-state index contributed by atoms with van der Waals surface area (Å²) in [6.07, 6.45) is 2.19. The zero-order valence-corrected chi connectivity index (χ0v) is 10.1. The zero-order chi connectivity index (χ0) is 13.2. The summed E-state index contributed by atoms with van der Waals surface area (Å²) in [5, 5.41) is 8.80. The number of aliphatic carboxylic acids is 1. The second-order valence-corrected chi connectivity index (χ2v) is 4.50. The molecule has 1 N–H and O–H groups in total. The minimum atomic E-state index is -1.20. The van der Waals surface area contributed by atoms with E-state index in [1.807, 2.05) is 30.3 Å². The zero-order valence-electron chi connectivity index (χ0n) is 10.1. The van der Waals surface area contributed by atoms with Crippen molar-refractivity contribution in [2.75, 3.05) is 0 Å². The van der Waals surface area contributed by atoms with Crippen molar-refractivity contribution in [2.45, 2.75) is 25.4 Å². The Kier molecular flexibility index (Phi) is 3.19. The summed E-state index contributed by atoms with van der Waals surface area (Å²) in [5.41, 5.74) is 0.0442. The maximum Gasteiger partial charge on any atom is 0.371 e. The largest absolute Gasteiger partial charge is 0.475 e. The summed E-state index contributed by atoms with van der Waals surface area (Å²) in [5.74, 6) is -1.75. The minimum Gasteiger partial charge on any atom is -0.475 e. The van der Waals surface area contributed by atoms with Gasteiger partial charge in [-0.3, -0.25) is 4.79 Å². The van der Waals surface area contributed by atoms with Gasteiger partial charge in [0.15, 0.2) is 5.60 Å². The Hall–Kier alpha value is -2.10. The molecule has 1 aromatic carbocycles. The van der Waals surface area contributed by atoms with E-state index in [1.165, 1.54) is 0 Å². The van der Waals surface area contributed by atoms with Crippen LogP contribution in [-0.4, -0.2) is 22.5 Å². The summed E-state index contributed by atoms with van der Waals surface area (Å²) in [4.78, 5) is 22.5. The molecule has 0 saturated carbocycles. The van der Waals surface area contributed by atoms with Gasteiger partial charge in [-0.05, 0) is 25.3 Å². The summed E-state index contributed by atoms with van der Waals surface area (Å²) in [6.45, 7) is 1.63. The van der Waals surface area contributed by atoms with Crippen molar-refractivity contribution >= 4 is 11.8 Å². The van der Waals surface area contributed by atoms with Crippen LogP contribution in [-0.2, 0) is 20.7 Å². The Labute approximate surface area is 105 Å². The van der Waals surface area contributed by atoms with Gasteiger partial charge in [0.1, 0.15) is 0 Å². The third-order valence-electron chi connectivity index (χ3n) is 3.06. The number of carboxylic acid groups (broad SMARTS) is 1. The molecule has 94 valence electrons. The summed E-state index contributed by atoms with van der Waals surface area (Å²) in [7, 11) is 0. The van der Waals surface area contributed by atoms with Gasteiger partial charge in [0, 0.05) is 6.08 Å². The maximum absolute atomic E-state index is 11.8. The van der Waals surface area contributed by atoms with Crippen LogP contribution < -0.4 is 0 Å². The molecule has 1 heterocycles. The van der Waals surface area contributed by atoms with Crippen LogP contribution in [0, 0.1) is 0 Å². The molecule has 0 spiro atoms. The van der Waals surface area contributed by atoms with E-state index >= 15 is 0 Å². The molecule has 4 heteroatoms. The first-order chi connectivity index (χ1) is 8.51. The highest BCUT2D eigenvalue weighted by Crippen LogP contribution is 2.29. The van der Waals surface area contributed by atoms with E-state index in [9.17, 15) is 9.59 Å². The molecule has 1 unspecified atom stereocenters. The summed E-state index contributed by atoms with van der Waals surface area (Å²) < 4.78 is 5.26. The van der Waals surface area contributed by atoms with E-state index in [2.05, 4.69) is 0 Å². The quantitative estimate of drug-likeness (QED) is 0.881. The fourth-order valence-electron chi connectivity index (χ4n) is 1.90. The molecule has 0 radical (unpaired) electrons. The van der Waals surface area contributed by atoms with E-state index in [-0.39, 0.29) is 11.5 Å². The average Bonchev–Trinajstić information content (AvgIpc) is 2.66. The van der Waals surface area contributed by atoms with Crippen LogP contribution in [0.3, 0.4) is 0 Å². The van der Waals surface area contributed by atoms with E-state index in [0.29, 0.717) is 12.8 Å². The van der Waals surface area contributed by atoms with Gasteiger partial charge in [0.2, 0.25) is 11.5 Å². The summed E-state index contributed by atoms with van der Waals surface area (Å²) >= 11 is 0. The lowest BCUT2D eigenvalue weighted by molar-refractivity contribution is -0.141. The minimum absolute atomic E-state index is 0.268. The van der Waals surface area contributed by atoms with Crippen LogP contribution in [0.5, 0.6) is 0 Å². The molecule has 0 saturated heterocycles. The number of hydrogen-bond acceptors (Lipinski definition) is 3. The molecule has 0 fully saturated rings. The fourth-order valence-corrected chi connectivity index (χ4v) is 1.90. The molecule has 0 aliphatic carbocycles. The number of aryl methyl sites for hydroxylation is 1. The second-order valence-electron chi connectivity index (χ2n) is 4.50. The predicted octanol–water partition coefficient (Wildman–Crippen LogP) is 1.95. The van der Waals surface area contributed by atoms with Gasteiger partial charge in [-0.1, -0.05) is 30.3 Å². The van der Waals surface area contributed by atoms with Gasteiger partial charge in [-0.25, -0.2) is 4.79 Å². The second kappa shape index (κ2) is 4.64. The molecule has 4 nitrogen and oxygen atoms in total. The molecule has 1 atom stereocenters. The number of benzene rings is 1. The molecule has 0 amide bonds. The lowest BCUT2D eigenvalue weighted by Gasteiger charge is -2.22. The van der Waals surface area contributed by atoms with Gasteiger partial charge >= 0.3 is 5.97 Å². The highest BCUT2D eigenvalue weighted by molar-refractivity contribution is 6.05.